The predicted octanol–water partition coefficient (Wildman–Crippen LogP) is 3.29. The maximum atomic E-state index is 12.6. The third kappa shape index (κ3) is 13.5. The molecule has 1 aromatic carbocycles. The van der Waals surface area contributed by atoms with Gasteiger partial charge in [-0.05, 0) is 69.6 Å². The highest BCUT2D eigenvalue weighted by Crippen LogP contribution is 2.34. The average Bonchev–Trinajstić information content (AvgIpc) is 3.90. The number of benzene rings is 1. The summed E-state index contributed by atoms with van der Waals surface area (Å²) in [5.74, 6) is -0.0432. The quantitative estimate of drug-likeness (QED) is 0.0579. The molecule has 18 heteroatoms. The van der Waals surface area contributed by atoms with Gasteiger partial charge in [-0.2, -0.15) is 23.5 Å². The summed E-state index contributed by atoms with van der Waals surface area (Å²) in [6.45, 7) is 0.900. The lowest BCUT2D eigenvalue weighted by Gasteiger charge is -2.16. The summed E-state index contributed by atoms with van der Waals surface area (Å²) >= 11 is 3.72. The molecule has 1 aromatic rings. The van der Waals surface area contributed by atoms with Crippen LogP contribution in [0.4, 0.5) is 21.0 Å². The minimum absolute atomic E-state index is 0.0284. The number of fused-ring (bicyclic) bond motifs is 2. The van der Waals surface area contributed by atoms with Crippen molar-refractivity contribution in [2.24, 2.45) is 0 Å². The summed E-state index contributed by atoms with van der Waals surface area (Å²) in [4.78, 5) is 84.5. The van der Waals surface area contributed by atoms with Crippen molar-refractivity contribution in [3.8, 4) is 0 Å². The number of rotatable bonds is 23. The van der Waals surface area contributed by atoms with Gasteiger partial charge in [0.05, 0.1) is 29.7 Å². The lowest BCUT2D eigenvalue weighted by atomic mass is 10.0. The lowest BCUT2D eigenvalue weighted by molar-refractivity contribution is -0.122. The summed E-state index contributed by atoms with van der Waals surface area (Å²) in [5.41, 5.74) is 0.422. The van der Waals surface area contributed by atoms with Gasteiger partial charge < -0.3 is 47.6 Å². The first-order chi connectivity index (χ1) is 26.5. The molecule has 4 aliphatic heterocycles. The molecule has 8 amide bonds. The number of amides is 8. The zero-order valence-electron chi connectivity index (χ0n) is 31.0. The second-order valence-electron chi connectivity index (χ2n) is 14.5. The largest absolute Gasteiger partial charge is 0.478 e. The van der Waals surface area contributed by atoms with Crippen LogP contribution in [0.2, 0.25) is 0 Å². The smallest absolute Gasteiger partial charge is 0.335 e. The molecule has 0 radical (unpaired) electrons. The van der Waals surface area contributed by atoms with Gasteiger partial charge in [0.2, 0.25) is 23.6 Å². The van der Waals surface area contributed by atoms with Gasteiger partial charge in [-0.1, -0.05) is 12.8 Å². The molecule has 0 bridgehead atoms. The highest BCUT2D eigenvalue weighted by atomic mass is 32.2. The number of anilines is 2. The van der Waals surface area contributed by atoms with Crippen LogP contribution in [0.3, 0.4) is 0 Å². The van der Waals surface area contributed by atoms with Crippen LogP contribution >= 0.6 is 23.5 Å². The number of carbonyl (C=O) groups is 7. The van der Waals surface area contributed by atoms with Crippen LogP contribution in [0.25, 0.3) is 0 Å². The summed E-state index contributed by atoms with van der Waals surface area (Å²) in [5, 5.41) is 33.4. The Morgan fingerprint density at radius 1 is 0.582 bits per heavy atom. The molecule has 6 atom stereocenters. The Balaban J connectivity index is 0.886. The van der Waals surface area contributed by atoms with Crippen molar-refractivity contribution in [2.75, 3.05) is 35.2 Å². The van der Waals surface area contributed by atoms with Crippen molar-refractivity contribution in [3.05, 3.63) is 23.8 Å². The highest BCUT2D eigenvalue weighted by molar-refractivity contribution is 8.00. The minimum atomic E-state index is -1.20. The number of thioether (sulfide) groups is 2. The number of unbranched alkanes of at least 4 members (excludes halogenated alkanes) is 4. The Morgan fingerprint density at radius 2 is 1.00 bits per heavy atom. The maximum absolute atomic E-state index is 12.6. The number of carbonyl (C=O) groups excluding carboxylic acids is 6. The van der Waals surface area contributed by atoms with Crippen molar-refractivity contribution in [1.82, 2.24) is 31.9 Å². The fourth-order valence-electron chi connectivity index (χ4n) is 7.34. The molecule has 0 aliphatic carbocycles. The molecule has 0 spiro atoms. The van der Waals surface area contributed by atoms with Crippen molar-refractivity contribution >= 4 is 76.6 Å². The van der Waals surface area contributed by atoms with Crippen LogP contribution in [0.1, 0.15) is 100 Å². The number of carboxylic acid groups (broad SMARTS) is 1. The fourth-order valence-corrected chi connectivity index (χ4v) is 10.4. The van der Waals surface area contributed by atoms with E-state index in [2.05, 4.69) is 42.5 Å². The number of aromatic carboxylic acids is 1. The molecule has 9 N–H and O–H groups in total. The van der Waals surface area contributed by atoms with E-state index in [1.807, 2.05) is 23.5 Å². The molecule has 4 fully saturated rings. The Kier molecular flexibility index (Phi) is 16.2. The Bertz CT molecular complexity index is 1460. The number of hydrogen-bond acceptors (Lipinski definition) is 9. The first-order valence-electron chi connectivity index (χ1n) is 19.4. The van der Waals surface area contributed by atoms with Gasteiger partial charge in [-0.15, -0.1) is 0 Å². The molecule has 5 rings (SSSR count). The van der Waals surface area contributed by atoms with Crippen molar-refractivity contribution in [3.63, 3.8) is 0 Å². The standard InChI is InChI=1S/C37H54N8O8S2/c46-29(11-3-1-9-27-33-25(20-54-27)42-36(52)44-33)38-15-7-5-13-31(48)40-23-17-22(35(50)51)18-24(19-23)41-32(49)14-6-8-16-39-30(47)12-4-2-10-28-34-26(21-55-28)43-37(53)45-34/h17-19,25-28,33-34H,1-16,20-21H2,(H,38,46)(H,39,47)(H,40,48)(H,41,49)(H,50,51)(H2,42,44,52)(H2,43,45,53)/t25-,26-,27-,28-,33-,34-/m0/s1. The first-order valence-corrected chi connectivity index (χ1v) is 21.5. The molecular formula is C37H54N8O8S2. The van der Waals surface area contributed by atoms with Gasteiger partial charge in [-0.3, -0.25) is 19.2 Å². The summed E-state index contributed by atoms with van der Waals surface area (Å²) < 4.78 is 0. The van der Waals surface area contributed by atoms with Crippen molar-refractivity contribution in [1.29, 1.82) is 0 Å². The van der Waals surface area contributed by atoms with Crippen LogP contribution in [0, 0.1) is 0 Å². The van der Waals surface area contributed by atoms with E-state index in [9.17, 15) is 38.7 Å². The molecule has 4 saturated heterocycles. The Hall–Kier alpha value is -4.19. The maximum Gasteiger partial charge on any atom is 0.335 e. The molecule has 4 aliphatic rings. The van der Waals surface area contributed by atoms with Crippen molar-refractivity contribution in [2.45, 2.75) is 125 Å². The predicted molar refractivity (Wildman–Crippen MR) is 212 cm³/mol. The lowest BCUT2D eigenvalue weighted by Crippen LogP contribution is -2.36. The molecule has 4 heterocycles. The Morgan fingerprint density at radius 3 is 1.44 bits per heavy atom. The number of hydrogen-bond donors (Lipinski definition) is 9. The fraction of sp³-hybridized carbons (Fsp3) is 0.649. The summed E-state index contributed by atoms with van der Waals surface area (Å²) in [6, 6.07) is 4.72. The van der Waals surface area contributed by atoms with E-state index in [-0.39, 0.29) is 89.6 Å². The van der Waals surface area contributed by atoms with E-state index in [4.69, 9.17) is 0 Å². The van der Waals surface area contributed by atoms with E-state index in [1.54, 1.807) is 0 Å². The normalized spacial score (nSPS) is 23.4. The molecular weight excluding hydrogens is 749 g/mol. The van der Waals surface area contributed by atoms with E-state index >= 15 is 0 Å². The molecule has 0 unspecified atom stereocenters. The summed E-state index contributed by atoms with van der Waals surface area (Å²) in [6.07, 6.45) is 8.74. The van der Waals surface area contributed by atoms with Gasteiger partial charge in [-0.25, -0.2) is 14.4 Å². The monoisotopic (exact) mass is 802 g/mol. The zero-order chi connectivity index (χ0) is 39.2. The molecule has 55 heavy (non-hydrogen) atoms. The SMILES string of the molecule is O=C(CCCC[C@@H]1SC[C@@H]2NC(=O)N[C@@H]21)NCCCCC(=O)Nc1cc(NC(=O)CCCCNC(=O)CCCC[C@@H]2SC[C@@H]3NC(=O)N[C@@H]32)cc(C(=O)O)c1. The third-order valence-electron chi connectivity index (χ3n) is 10.2. The zero-order valence-corrected chi connectivity index (χ0v) is 32.7. The van der Waals surface area contributed by atoms with Gasteiger partial charge >= 0.3 is 18.0 Å². The molecule has 0 saturated carbocycles. The number of urea groups is 2. The topological polar surface area (TPSA) is 236 Å². The van der Waals surface area contributed by atoms with Gasteiger partial charge in [0.1, 0.15) is 0 Å². The van der Waals surface area contributed by atoms with Crippen LogP contribution in [0.5, 0.6) is 0 Å². The number of nitrogens with one attached hydrogen (secondary N) is 8. The highest BCUT2D eigenvalue weighted by Gasteiger charge is 2.43. The van der Waals surface area contributed by atoms with Crippen LogP contribution in [-0.4, -0.2) is 106 Å². The van der Waals surface area contributed by atoms with Gasteiger partial charge in [0, 0.05) is 72.2 Å². The third-order valence-corrected chi connectivity index (χ3v) is 13.2. The minimum Gasteiger partial charge on any atom is -0.478 e. The van der Waals surface area contributed by atoms with Crippen LogP contribution in [0.15, 0.2) is 18.2 Å². The van der Waals surface area contributed by atoms with Gasteiger partial charge in [0.25, 0.3) is 0 Å². The van der Waals surface area contributed by atoms with E-state index in [0.29, 0.717) is 62.1 Å². The summed E-state index contributed by atoms with van der Waals surface area (Å²) in [7, 11) is 0. The van der Waals surface area contributed by atoms with E-state index in [1.165, 1.54) is 18.2 Å². The molecule has 302 valence electrons. The molecule has 16 nitrogen and oxygen atoms in total. The Labute approximate surface area is 329 Å². The van der Waals surface area contributed by atoms with Crippen molar-refractivity contribution < 1.29 is 38.7 Å². The van der Waals surface area contributed by atoms with Gasteiger partial charge in [0.15, 0.2) is 0 Å². The average molecular weight is 803 g/mol. The second kappa shape index (κ2) is 21.2. The van der Waals surface area contributed by atoms with E-state index < -0.39 is 5.97 Å². The van der Waals surface area contributed by atoms with E-state index in [0.717, 1.165) is 50.0 Å². The first kappa shape index (κ1) is 42.0. The molecule has 0 aromatic heterocycles. The van der Waals surface area contributed by atoms with Crippen LogP contribution in [-0.2, 0) is 19.2 Å². The number of carboxylic acids is 1. The van der Waals surface area contributed by atoms with Crippen LogP contribution < -0.4 is 42.5 Å². The second-order valence-corrected chi connectivity index (χ2v) is 17.1.